The summed E-state index contributed by atoms with van der Waals surface area (Å²) in [6.07, 6.45) is -2.16. The summed E-state index contributed by atoms with van der Waals surface area (Å²) in [6.45, 7) is 14.8. The highest BCUT2D eigenvalue weighted by molar-refractivity contribution is 5.87. The summed E-state index contributed by atoms with van der Waals surface area (Å²) in [4.78, 5) is 50.2. The maximum Gasteiger partial charge on any atom is 0.331 e. The maximum atomic E-state index is 13.1. The van der Waals surface area contributed by atoms with Gasteiger partial charge in [0, 0.05) is 45.1 Å². The molecule has 0 aromatic heterocycles. The standard InChI is InChI=1S/C35H44O10/c1-19-25-17-35(33(6,7)41)18-27(42-21(3)36)20(2)30(35)31(40)32(44-23(5)38)34(25,8)28(43-22(4)37)16-26(19)45-29(39)15-14-24-12-10-9-11-13-24/h9-15,25-28,31-32,40-41H,1,16-18H2,2-8H3/b15-14-/t25-,26-,27+,28+,31-,32+,34+,35+/m1/s1. The molecule has 0 spiro atoms. The second kappa shape index (κ2) is 12.6. The number of aliphatic hydroxyl groups is 2. The van der Waals surface area contributed by atoms with Crippen molar-refractivity contribution < 1.29 is 48.3 Å². The summed E-state index contributed by atoms with van der Waals surface area (Å²) in [6, 6.07) is 9.23. The predicted octanol–water partition coefficient (Wildman–Crippen LogP) is 4.23. The molecule has 3 aliphatic carbocycles. The molecule has 3 aliphatic rings. The fourth-order valence-corrected chi connectivity index (χ4v) is 7.80. The average molecular weight is 625 g/mol. The number of carbonyl (C=O) groups excluding carboxylic acids is 4. The first-order chi connectivity index (χ1) is 20.9. The third kappa shape index (κ3) is 6.35. The smallest absolute Gasteiger partial charge is 0.331 e. The van der Waals surface area contributed by atoms with Gasteiger partial charge in [0.2, 0.25) is 0 Å². The number of aliphatic hydroxyl groups excluding tert-OH is 1. The van der Waals surface area contributed by atoms with E-state index in [0.29, 0.717) is 16.7 Å². The van der Waals surface area contributed by atoms with E-state index >= 15 is 0 Å². The molecule has 1 aromatic rings. The summed E-state index contributed by atoms with van der Waals surface area (Å²) in [5, 5.41) is 24.0. The highest BCUT2D eigenvalue weighted by atomic mass is 16.6. The Bertz CT molecular complexity index is 1420. The molecule has 244 valence electrons. The summed E-state index contributed by atoms with van der Waals surface area (Å²) < 4.78 is 23.3. The largest absolute Gasteiger partial charge is 0.462 e. The van der Waals surface area contributed by atoms with Gasteiger partial charge < -0.3 is 29.2 Å². The van der Waals surface area contributed by atoms with Gasteiger partial charge in [0.05, 0.1) is 11.0 Å². The van der Waals surface area contributed by atoms with Crippen molar-refractivity contribution in [3.63, 3.8) is 0 Å². The van der Waals surface area contributed by atoms with Crippen LogP contribution in [0.4, 0.5) is 0 Å². The van der Waals surface area contributed by atoms with E-state index < -0.39 is 76.7 Å². The van der Waals surface area contributed by atoms with E-state index in [1.807, 2.05) is 30.3 Å². The Balaban J connectivity index is 1.86. The number of fused-ring (bicyclic) bond motifs is 2. The molecule has 2 N–H and O–H groups in total. The molecule has 2 fully saturated rings. The van der Waals surface area contributed by atoms with Crippen molar-refractivity contribution in [2.75, 3.05) is 0 Å². The number of rotatable bonds is 7. The molecule has 0 bridgehead atoms. The van der Waals surface area contributed by atoms with E-state index in [9.17, 15) is 29.4 Å². The molecule has 2 saturated carbocycles. The normalized spacial score (nSPS) is 33.1. The van der Waals surface area contributed by atoms with Gasteiger partial charge in [-0.1, -0.05) is 43.8 Å². The van der Waals surface area contributed by atoms with Gasteiger partial charge in [-0.3, -0.25) is 14.4 Å². The Morgan fingerprint density at radius 2 is 1.53 bits per heavy atom. The fourth-order valence-electron chi connectivity index (χ4n) is 7.80. The van der Waals surface area contributed by atoms with Gasteiger partial charge in [0.15, 0.2) is 0 Å². The third-order valence-corrected chi connectivity index (χ3v) is 9.99. The summed E-state index contributed by atoms with van der Waals surface area (Å²) >= 11 is 0. The van der Waals surface area contributed by atoms with E-state index in [1.54, 1.807) is 33.8 Å². The topological polar surface area (TPSA) is 146 Å². The Labute approximate surface area is 264 Å². The zero-order valence-electron chi connectivity index (χ0n) is 27.0. The Hall–Kier alpha value is -3.76. The number of hydrogen-bond acceptors (Lipinski definition) is 10. The highest BCUT2D eigenvalue weighted by Gasteiger charge is 2.68. The van der Waals surface area contributed by atoms with Crippen LogP contribution in [0.25, 0.3) is 6.08 Å². The second-order valence-corrected chi connectivity index (χ2v) is 13.2. The first-order valence-electron chi connectivity index (χ1n) is 15.2. The van der Waals surface area contributed by atoms with Crippen LogP contribution in [0.15, 0.2) is 59.7 Å². The predicted molar refractivity (Wildman–Crippen MR) is 164 cm³/mol. The van der Waals surface area contributed by atoms with Crippen LogP contribution < -0.4 is 0 Å². The molecule has 0 amide bonds. The van der Waals surface area contributed by atoms with Crippen LogP contribution in [-0.2, 0) is 38.1 Å². The first kappa shape index (κ1) is 34.1. The highest BCUT2D eigenvalue weighted by Crippen LogP contribution is 2.65. The van der Waals surface area contributed by atoms with Gasteiger partial charge in [-0.2, -0.15) is 0 Å². The number of benzene rings is 1. The van der Waals surface area contributed by atoms with Crippen LogP contribution in [0.2, 0.25) is 0 Å². The molecule has 8 atom stereocenters. The minimum absolute atomic E-state index is 0.00440. The zero-order valence-corrected chi connectivity index (χ0v) is 27.0. The number of ether oxygens (including phenoxy) is 4. The van der Waals surface area contributed by atoms with E-state index in [0.717, 1.165) is 5.56 Å². The van der Waals surface area contributed by atoms with Gasteiger partial charge in [0.25, 0.3) is 0 Å². The molecule has 0 saturated heterocycles. The molecular weight excluding hydrogens is 580 g/mol. The molecule has 10 nitrogen and oxygen atoms in total. The SMILES string of the molecule is C=C1[C@H]2C[C@]3(C(C)(C)O)C[C@H](OC(C)=O)C(C)=C3[C@@H](O)[C@H](OC(C)=O)[C@]2(C)[C@@H](OC(C)=O)C[C@H]1OC(=O)/C=C\c1ccccc1. The van der Waals surface area contributed by atoms with Crippen molar-refractivity contribution in [1.29, 1.82) is 0 Å². The lowest BCUT2D eigenvalue weighted by Crippen LogP contribution is -2.59. The lowest BCUT2D eigenvalue weighted by Gasteiger charge is -2.53. The zero-order chi connectivity index (χ0) is 33.5. The van der Waals surface area contributed by atoms with Crippen LogP contribution in [0.3, 0.4) is 0 Å². The number of carbonyl (C=O) groups is 4. The Morgan fingerprint density at radius 1 is 0.933 bits per heavy atom. The molecule has 1 aromatic carbocycles. The van der Waals surface area contributed by atoms with Crippen molar-refractivity contribution >= 4 is 30.0 Å². The van der Waals surface area contributed by atoms with Crippen molar-refractivity contribution in [2.45, 2.75) is 104 Å². The Kier molecular flexibility index (Phi) is 9.52. The monoisotopic (exact) mass is 624 g/mol. The van der Waals surface area contributed by atoms with Crippen LogP contribution in [-0.4, -0.2) is 70.2 Å². The quantitative estimate of drug-likeness (QED) is 0.196. The first-order valence-corrected chi connectivity index (χ1v) is 15.2. The van der Waals surface area contributed by atoms with Gasteiger partial charge >= 0.3 is 23.9 Å². The minimum atomic E-state index is -1.48. The average Bonchev–Trinajstić information content (AvgIpc) is 3.17. The lowest BCUT2D eigenvalue weighted by atomic mass is 9.56. The molecule has 0 aliphatic heterocycles. The molecule has 0 heterocycles. The summed E-state index contributed by atoms with van der Waals surface area (Å²) in [5.74, 6) is -3.15. The van der Waals surface area contributed by atoms with Crippen molar-refractivity contribution in [3.05, 3.63) is 65.3 Å². The van der Waals surface area contributed by atoms with E-state index in [2.05, 4.69) is 6.58 Å². The van der Waals surface area contributed by atoms with E-state index in [-0.39, 0.29) is 19.3 Å². The third-order valence-electron chi connectivity index (χ3n) is 9.99. The minimum Gasteiger partial charge on any atom is -0.462 e. The molecule has 0 radical (unpaired) electrons. The van der Waals surface area contributed by atoms with E-state index in [4.69, 9.17) is 18.9 Å². The van der Waals surface area contributed by atoms with Gasteiger partial charge in [-0.05, 0) is 61.5 Å². The fraction of sp³-hybridized carbons (Fsp3) is 0.543. The van der Waals surface area contributed by atoms with Crippen molar-refractivity contribution in [2.24, 2.45) is 16.7 Å². The summed E-state index contributed by atoms with van der Waals surface area (Å²) in [5.41, 5.74) is -1.73. The maximum absolute atomic E-state index is 13.1. The van der Waals surface area contributed by atoms with Gasteiger partial charge in [-0.15, -0.1) is 0 Å². The molecule has 4 rings (SSSR count). The van der Waals surface area contributed by atoms with Crippen LogP contribution in [0.1, 0.15) is 73.3 Å². The second-order valence-electron chi connectivity index (χ2n) is 13.2. The van der Waals surface area contributed by atoms with Crippen LogP contribution in [0.5, 0.6) is 0 Å². The van der Waals surface area contributed by atoms with Gasteiger partial charge in [-0.25, -0.2) is 4.79 Å². The Morgan fingerprint density at radius 3 is 2.09 bits per heavy atom. The van der Waals surface area contributed by atoms with Gasteiger partial charge in [0.1, 0.15) is 30.5 Å². The van der Waals surface area contributed by atoms with Crippen LogP contribution in [0, 0.1) is 16.7 Å². The number of esters is 4. The number of hydrogen-bond donors (Lipinski definition) is 2. The molecule has 45 heavy (non-hydrogen) atoms. The molecule has 0 unspecified atom stereocenters. The van der Waals surface area contributed by atoms with Crippen molar-refractivity contribution in [3.8, 4) is 0 Å². The van der Waals surface area contributed by atoms with Crippen molar-refractivity contribution in [1.82, 2.24) is 0 Å². The molecular formula is C35H44O10. The lowest BCUT2D eigenvalue weighted by molar-refractivity contribution is -0.197. The molecule has 10 heteroatoms. The summed E-state index contributed by atoms with van der Waals surface area (Å²) in [7, 11) is 0. The van der Waals surface area contributed by atoms with Crippen LogP contribution >= 0.6 is 0 Å². The van der Waals surface area contributed by atoms with E-state index in [1.165, 1.54) is 26.8 Å².